The zero-order valence-corrected chi connectivity index (χ0v) is 13.2. The maximum Gasteiger partial charge on any atom is 0.125 e. The van der Waals surface area contributed by atoms with Gasteiger partial charge >= 0.3 is 0 Å². The smallest absolute Gasteiger partial charge is 0.125 e. The van der Waals surface area contributed by atoms with E-state index in [-0.39, 0.29) is 0 Å². The van der Waals surface area contributed by atoms with Crippen molar-refractivity contribution in [1.82, 2.24) is 4.98 Å². The number of thioether (sulfide) groups is 1. The van der Waals surface area contributed by atoms with E-state index in [1.807, 2.05) is 6.07 Å². The van der Waals surface area contributed by atoms with Gasteiger partial charge in [-0.3, -0.25) is 0 Å². The summed E-state index contributed by atoms with van der Waals surface area (Å²) in [7, 11) is 0. The van der Waals surface area contributed by atoms with Crippen LogP contribution in [0.4, 0.5) is 11.5 Å². The monoisotopic (exact) mass is 299 g/mol. The lowest BCUT2D eigenvalue weighted by molar-refractivity contribution is 0.578. The Morgan fingerprint density at radius 3 is 2.43 bits per heavy atom. The van der Waals surface area contributed by atoms with Crippen molar-refractivity contribution < 1.29 is 0 Å². The molecule has 1 saturated heterocycles. The van der Waals surface area contributed by atoms with E-state index in [0.717, 1.165) is 16.2 Å². The third-order valence-corrected chi connectivity index (χ3v) is 4.65. The standard InChI is InChI=1S/C17H21N3S/c1-21-15-11-16(19-17(18)12-15)13-5-7-14(8-6-13)20-9-3-2-4-10-20/h5-8,11-12H,2-4,9-10H2,1H3,(H2,18,19). The lowest BCUT2D eigenvalue weighted by Gasteiger charge is -2.28. The number of nitrogen functional groups attached to an aromatic ring is 1. The van der Waals surface area contributed by atoms with E-state index in [2.05, 4.69) is 46.5 Å². The van der Waals surface area contributed by atoms with Crippen LogP contribution < -0.4 is 10.6 Å². The van der Waals surface area contributed by atoms with Crippen molar-refractivity contribution in [3.05, 3.63) is 36.4 Å². The van der Waals surface area contributed by atoms with Gasteiger partial charge in [0.1, 0.15) is 5.82 Å². The molecule has 0 unspecified atom stereocenters. The Bertz CT molecular complexity index is 604. The fourth-order valence-electron chi connectivity index (χ4n) is 2.79. The van der Waals surface area contributed by atoms with Crippen LogP contribution >= 0.6 is 11.8 Å². The summed E-state index contributed by atoms with van der Waals surface area (Å²) in [5.74, 6) is 0.581. The molecular weight excluding hydrogens is 278 g/mol. The highest BCUT2D eigenvalue weighted by atomic mass is 32.2. The minimum Gasteiger partial charge on any atom is -0.384 e. The van der Waals surface area contributed by atoms with Gasteiger partial charge in [-0.1, -0.05) is 12.1 Å². The third kappa shape index (κ3) is 3.32. The number of piperidine rings is 1. The number of hydrogen-bond acceptors (Lipinski definition) is 4. The average molecular weight is 299 g/mol. The molecule has 2 aromatic rings. The van der Waals surface area contributed by atoms with Crippen LogP contribution in [0.15, 0.2) is 41.3 Å². The first-order chi connectivity index (χ1) is 10.3. The first-order valence-corrected chi connectivity index (χ1v) is 8.66. The molecule has 4 heteroatoms. The summed E-state index contributed by atoms with van der Waals surface area (Å²) < 4.78 is 0. The lowest BCUT2D eigenvalue weighted by atomic mass is 10.1. The molecule has 1 fully saturated rings. The highest BCUT2D eigenvalue weighted by Gasteiger charge is 2.11. The Labute approximate surface area is 130 Å². The van der Waals surface area contributed by atoms with Gasteiger partial charge in [0.15, 0.2) is 0 Å². The maximum atomic E-state index is 5.89. The summed E-state index contributed by atoms with van der Waals surface area (Å²) in [5.41, 5.74) is 9.27. The number of hydrogen-bond donors (Lipinski definition) is 1. The predicted molar refractivity (Wildman–Crippen MR) is 91.9 cm³/mol. The van der Waals surface area contributed by atoms with Crippen molar-refractivity contribution in [2.24, 2.45) is 0 Å². The molecule has 1 aromatic heterocycles. The molecule has 1 aliphatic heterocycles. The van der Waals surface area contributed by atoms with Gasteiger partial charge in [0.25, 0.3) is 0 Å². The molecule has 0 saturated carbocycles. The molecule has 0 radical (unpaired) electrons. The highest BCUT2D eigenvalue weighted by molar-refractivity contribution is 7.98. The van der Waals surface area contributed by atoms with Crippen LogP contribution in [0.1, 0.15) is 19.3 Å². The number of nitrogens with zero attached hydrogens (tertiary/aromatic N) is 2. The maximum absolute atomic E-state index is 5.89. The second kappa shape index (κ2) is 6.39. The number of pyridine rings is 1. The summed E-state index contributed by atoms with van der Waals surface area (Å²) in [6, 6.07) is 12.7. The van der Waals surface area contributed by atoms with Gasteiger partial charge in [0, 0.05) is 29.2 Å². The minimum absolute atomic E-state index is 0.581. The fourth-order valence-corrected chi connectivity index (χ4v) is 3.25. The van der Waals surface area contributed by atoms with Gasteiger partial charge in [-0.2, -0.15) is 0 Å². The molecule has 0 amide bonds. The molecule has 110 valence electrons. The first kappa shape index (κ1) is 14.3. The van der Waals surface area contributed by atoms with Crippen molar-refractivity contribution in [1.29, 1.82) is 0 Å². The topological polar surface area (TPSA) is 42.1 Å². The minimum atomic E-state index is 0.581. The van der Waals surface area contributed by atoms with Crippen LogP contribution in [0.25, 0.3) is 11.3 Å². The molecule has 2 N–H and O–H groups in total. The van der Waals surface area contributed by atoms with Gasteiger partial charge in [-0.25, -0.2) is 4.98 Å². The Hall–Kier alpha value is -1.68. The summed E-state index contributed by atoms with van der Waals surface area (Å²) in [6.45, 7) is 2.35. The van der Waals surface area contributed by atoms with Crippen LogP contribution in [0.2, 0.25) is 0 Å². The highest BCUT2D eigenvalue weighted by Crippen LogP contribution is 2.27. The fraction of sp³-hybridized carbons (Fsp3) is 0.353. The van der Waals surface area contributed by atoms with Gasteiger partial charge < -0.3 is 10.6 Å². The van der Waals surface area contributed by atoms with Gasteiger partial charge in [0.2, 0.25) is 0 Å². The van der Waals surface area contributed by atoms with E-state index in [1.165, 1.54) is 38.0 Å². The molecular formula is C17H21N3S. The van der Waals surface area contributed by atoms with Gasteiger partial charge in [-0.05, 0) is 49.8 Å². The zero-order valence-electron chi connectivity index (χ0n) is 12.4. The second-order valence-corrected chi connectivity index (χ2v) is 6.29. The summed E-state index contributed by atoms with van der Waals surface area (Å²) >= 11 is 1.69. The third-order valence-electron chi connectivity index (χ3n) is 3.94. The summed E-state index contributed by atoms with van der Waals surface area (Å²) in [6.07, 6.45) is 6.02. The van der Waals surface area contributed by atoms with Crippen LogP contribution in [0, 0.1) is 0 Å². The Kier molecular flexibility index (Phi) is 4.34. The Morgan fingerprint density at radius 2 is 1.76 bits per heavy atom. The zero-order chi connectivity index (χ0) is 14.7. The molecule has 0 atom stereocenters. The largest absolute Gasteiger partial charge is 0.384 e. The van der Waals surface area contributed by atoms with Crippen molar-refractivity contribution in [3.63, 3.8) is 0 Å². The van der Waals surface area contributed by atoms with E-state index in [9.17, 15) is 0 Å². The molecule has 1 aliphatic rings. The van der Waals surface area contributed by atoms with E-state index < -0.39 is 0 Å². The van der Waals surface area contributed by atoms with E-state index in [4.69, 9.17) is 5.73 Å². The molecule has 2 heterocycles. The van der Waals surface area contributed by atoms with Crippen molar-refractivity contribution in [3.8, 4) is 11.3 Å². The predicted octanol–water partition coefficient (Wildman–Crippen LogP) is 4.04. The Morgan fingerprint density at radius 1 is 1.05 bits per heavy atom. The number of nitrogens with two attached hydrogens (primary N) is 1. The molecule has 0 spiro atoms. The van der Waals surface area contributed by atoms with Crippen molar-refractivity contribution in [2.45, 2.75) is 24.2 Å². The van der Waals surface area contributed by atoms with E-state index in [1.54, 1.807) is 11.8 Å². The van der Waals surface area contributed by atoms with E-state index in [0.29, 0.717) is 5.82 Å². The molecule has 3 nitrogen and oxygen atoms in total. The van der Waals surface area contributed by atoms with Crippen LogP contribution in [-0.2, 0) is 0 Å². The van der Waals surface area contributed by atoms with Crippen molar-refractivity contribution >= 4 is 23.3 Å². The molecule has 3 rings (SSSR count). The van der Waals surface area contributed by atoms with E-state index >= 15 is 0 Å². The first-order valence-electron chi connectivity index (χ1n) is 7.43. The molecule has 0 aliphatic carbocycles. The lowest BCUT2D eigenvalue weighted by Crippen LogP contribution is -2.29. The quantitative estimate of drug-likeness (QED) is 0.868. The summed E-state index contributed by atoms with van der Waals surface area (Å²) in [4.78, 5) is 8.06. The number of aromatic nitrogens is 1. The number of anilines is 2. The molecule has 21 heavy (non-hydrogen) atoms. The van der Waals surface area contributed by atoms with Gasteiger partial charge in [-0.15, -0.1) is 11.8 Å². The normalized spacial score (nSPS) is 15.2. The van der Waals surface area contributed by atoms with Crippen molar-refractivity contribution in [2.75, 3.05) is 30.0 Å². The van der Waals surface area contributed by atoms with Crippen LogP contribution in [0.5, 0.6) is 0 Å². The number of benzene rings is 1. The average Bonchev–Trinajstić information content (AvgIpc) is 2.55. The van der Waals surface area contributed by atoms with Crippen LogP contribution in [0.3, 0.4) is 0 Å². The summed E-state index contributed by atoms with van der Waals surface area (Å²) in [5, 5.41) is 0. The SMILES string of the molecule is CSc1cc(N)nc(-c2ccc(N3CCCCC3)cc2)c1. The molecule has 0 bridgehead atoms. The van der Waals surface area contributed by atoms with Crippen LogP contribution in [-0.4, -0.2) is 24.3 Å². The molecule has 1 aromatic carbocycles. The van der Waals surface area contributed by atoms with Gasteiger partial charge in [0.05, 0.1) is 5.69 Å². The second-order valence-electron chi connectivity index (χ2n) is 5.41. The number of rotatable bonds is 3. The Balaban J connectivity index is 1.85.